The summed E-state index contributed by atoms with van der Waals surface area (Å²) >= 11 is 0. The van der Waals surface area contributed by atoms with Gasteiger partial charge in [0, 0.05) is 30.7 Å². The van der Waals surface area contributed by atoms with Crippen molar-refractivity contribution in [2.24, 2.45) is 10.9 Å². The molecule has 214 valence electrons. The Morgan fingerprint density at radius 2 is 1.82 bits per heavy atom. The second-order valence-corrected chi connectivity index (χ2v) is 11.4. The zero-order chi connectivity index (χ0) is 28.4. The summed E-state index contributed by atoms with van der Waals surface area (Å²) in [4.78, 5) is 59.8. The fraction of sp³-hybridized carbons (Fsp3) is 0.552. The molecule has 3 aliphatic rings. The Balaban J connectivity index is 1.39. The van der Waals surface area contributed by atoms with Gasteiger partial charge >= 0.3 is 5.97 Å². The highest BCUT2D eigenvalue weighted by atomic mass is 16.6. The van der Waals surface area contributed by atoms with Crippen LogP contribution in [0.3, 0.4) is 0 Å². The fourth-order valence-electron chi connectivity index (χ4n) is 5.66. The molecule has 0 bridgehead atoms. The molecule has 3 fully saturated rings. The number of aliphatic imine (C=N–C) groups is 1. The van der Waals surface area contributed by atoms with Gasteiger partial charge in [-0.1, -0.05) is 0 Å². The normalized spacial score (nSPS) is 23.3. The third kappa shape index (κ3) is 6.13. The summed E-state index contributed by atoms with van der Waals surface area (Å²) in [7, 11) is 0. The molecule has 0 aliphatic carbocycles. The Labute approximate surface area is 233 Å². The first-order valence-electron chi connectivity index (χ1n) is 14.0. The molecule has 5 rings (SSSR count). The minimum absolute atomic E-state index is 0.0339. The predicted octanol–water partition coefficient (Wildman–Crippen LogP) is 2.97. The molecule has 1 aromatic carbocycles. The predicted molar refractivity (Wildman–Crippen MR) is 148 cm³/mol. The molecule has 11 heteroatoms. The van der Waals surface area contributed by atoms with Gasteiger partial charge in [-0.15, -0.1) is 0 Å². The van der Waals surface area contributed by atoms with E-state index < -0.39 is 29.4 Å². The largest absolute Gasteiger partial charge is 0.461 e. The topological polar surface area (TPSA) is 134 Å². The molecular weight excluding hydrogens is 514 g/mol. The van der Waals surface area contributed by atoms with Crippen molar-refractivity contribution >= 4 is 46.3 Å². The van der Waals surface area contributed by atoms with Gasteiger partial charge in [-0.2, -0.15) is 0 Å². The maximum atomic E-state index is 13.6. The molecule has 11 nitrogen and oxygen atoms in total. The van der Waals surface area contributed by atoms with Gasteiger partial charge in [0.25, 0.3) is 0 Å². The number of nitrogens with one attached hydrogen (secondary N) is 2. The Bertz CT molecular complexity index is 1340. The number of cyclic esters (lactones) is 1. The molecule has 0 spiro atoms. The fourth-order valence-corrected chi connectivity index (χ4v) is 5.66. The van der Waals surface area contributed by atoms with Gasteiger partial charge in [-0.25, -0.2) is 4.99 Å². The SMILES string of the molecule is Cc1cc2cc(NC(=NC3CCCCN(CC(=O)N4CCCC4)C3=O)NC(=O)C3CC(=O)OC3(C)C)ccc2o1. The Morgan fingerprint density at radius 3 is 2.55 bits per heavy atom. The highest BCUT2D eigenvalue weighted by Crippen LogP contribution is 2.32. The van der Waals surface area contributed by atoms with Crippen LogP contribution in [0.25, 0.3) is 11.0 Å². The van der Waals surface area contributed by atoms with Crippen molar-refractivity contribution in [3.8, 4) is 0 Å². The summed E-state index contributed by atoms with van der Waals surface area (Å²) in [6, 6.07) is 6.62. The number of rotatable bonds is 5. The summed E-state index contributed by atoms with van der Waals surface area (Å²) in [5, 5.41) is 6.87. The van der Waals surface area contributed by atoms with E-state index in [4.69, 9.17) is 14.1 Å². The van der Waals surface area contributed by atoms with E-state index in [1.807, 2.05) is 30.0 Å². The van der Waals surface area contributed by atoms with Gasteiger partial charge in [0.15, 0.2) is 0 Å². The smallest absolute Gasteiger partial charge is 0.307 e. The molecule has 2 aromatic rings. The van der Waals surface area contributed by atoms with Crippen LogP contribution in [0.2, 0.25) is 0 Å². The van der Waals surface area contributed by atoms with E-state index in [0.29, 0.717) is 18.7 Å². The summed E-state index contributed by atoms with van der Waals surface area (Å²) in [6.45, 7) is 7.25. The van der Waals surface area contributed by atoms with Crippen LogP contribution in [0.15, 0.2) is 33.7 Å². The molecule has 40 heavy (non-hydrogen) atoms. The third-order valence-electron chi connectivity index (χ3n) is 7.87. The quantitative estimate of drug-likeness (QED) is 0.332. The lowest BCUT2D eigenvalue weighted by molar-refractivity contribution is -0.147. The van der Waals surface area contributed by atoms with Crippen molar-refractivity contribution in [1.82, 2.24) is 15.1 Å². The summed E-state index contributed by atoms with van der Waals surface area (Å²) in [6.07, 6.45) is 3.95. The van der Waals surface area contributed by atoms with E-state index in [2.05, 4.69) is 10.6 Å². The monoisotopic (exact) mass is 551 g/mol. The molecule has 0 saturated carbocycles. The van der Waals surface area contributed by atoms with Crippen molar-refractivity contribution in [3.05, 3.63) is 30.0 Å². The molecule has 0 radical (unpaired) electrons. The van der Waals surface area contributed by atoms with Gasteiger partial charge in [0.2, 0.25) is 23.7 Å². The second kappa shape index (κ2) is 11.3. The minimum Gasteiger partial charge on any atom is -0.461 e. The van der Waals surface area contributed by atoms with Crippen molar-refractivity contribution in [1.29, 1.82) is 0 Å². The third-order valence-corrected chi connectivity index (χ3v) is 7.87. The van der Waals surface area contributed by atoms with Crippen molar-refractivity contribution in [3.63, 3.8) is 0 Å². The second-order valence-electron chi connectivity index (χ2n) is 11.4. The molecular formula is C29H37N5O6. The number of nitrogens with zero attached hydrogens (tertiary/aromatic N) is 3. The first kappa shape index (κ1) is 27.7. The van der Waals surface area contributed by atoms with Gasteiger partial charge < -0.3 is 24.3 Å². The van der Waals surface area contributed by atoms with Crippen LogP contribution in [0.4, 0.5) is 5.69 Å². The van der Waals surface area contributed by atoms with Crippen molar-refractivity contribution < 1.29 is 28.3 Å². The number of guanidine groups is 1. The molecule has 2 N–H and O–H groups in total. The minimum atomic E-state index is -0.968. The van der Waals surface area contributed by atoms with E-state index in [1.54, 1.807) is 24.8 Å². The first-order valence-corrected chi connectivity index (χ1v) is 14.0. The number of hydrogen-bond acceptors (Lipinski definition) is 7. The Hall–Kier alpha value is -3.89. The van der Waals surface area contributed by atoms with Gasteiger partial charge in [0.05, 0.1) is 18.9 Å². The zero-order valence-electron chi connectivity index (χ0n) is 23.3. The van der Waals surface area contributed by atoms with Crippen molar-refractivity contribution in [2.45, 2.75) is 70.9 Å². The maximum absolute atomic E-state index is 13.6. The lowest BCUT2D eigenvalue weighted by atomic mass is 9.90. The molecule has 4 heterocycles. The Morgan fingerprint density at radius 1 is 1.07 bits per heavy atom. The number of ether oxygens (including phenoxy) is 1. The molecule has 1 aromatic heterocycles. The summed E-state index contributed by atoms with van der Waals surface area (Å²) in [5.74, 6) is -0.983. The van der Waals surface area contributed by atoms with Gasteiger partial charge in [0.1, 0.15) is 23.0 Å². The first-order chi connectivity index (χ1) is 19.1. The zero-order valence-corrected chi connectivity index (χ0v) is 23.3. The van der Waals surface area contributed by atoms with Crippen LogP contribution in [0, 0.1) is 12.8 Å². The van der Waals surface area contributed by atoms with E-state index in [0.717, 1.165) is 55.5 Å². The summed E-state index contributed by atoms with van der Waals surface area (Å²) < 4.78 is 11.0. The number of aryl methyl sites for hydroxylation is 1. The van der Waals surface area contributed by atoms with Crippen LogP contribution in [0.5, 0.6) is 0 Å². The van der Waals surface area contributed by atoms with Crippen LogP contribution in [-0.4, -0.2) is 77.3 Å². The number of carbonyl (C=O) groups excluding carboxylic acids is 4. The van der Waals surface area contributed by atoms with Crippen LogP contribution in [0.1, 0.15) is 58.1 Å². The van der Waals surface area contributed by atoms with Gasteiger partial charge in [-0.05, 0) is 77.1 Å². The number of furan rings is 1. The maximum Gasteiger partial charge on any atom is 0.307 e. The average Bonchev–Trinajstić information content (AvgIpc) is 3.59. The number of hydrogen-bond donors (Lipinski definition) is 2. The van der Waals surface area contributed by atoms with E-state index in [9.17, 15) is 19.2 Å². The van der Waals surface area contributed by atoms with Crippen LogP contribution >= 0.6 is 0 Å². The molecule has 2 atom stereocenters. The molecule has 3 saturated heterocycles. The van der Waals surface area contributed by atoms with E-state index in [1.165, 1.54) is 0 Å². The number of anilines is 1. The number of likely N-dealkylation sites (tertiary alicyclic amines) is 2. The average molecular weight is 552 g/mol. The summed E-state index contributed by atoms with van der Waals surface area (Å²) in [5.41, 5.74) is 0.406. The van der Waals surface area contributed by atoms with E-state index in [-0.39, 0.29) is 30.7 Å². The molecule has 3 aliphatic heterocycles. The lowest BCUT2D eigenvalue weighted by Gasteiger charge is -2.26. The number of benzene rings is 1. The lowest BCUT2D eigenvalue weighted by Crippen LogP contribution is -2.47. The van der Waals surface area contributed by atoms with Crippen LogP contribution < -0.4 is 10.6 Å². The highest BCUT2D eigenvalue weighted by Gasteiger charge is 2.46. The number of esters is 1. The Kier molecular flexibility index (Phi) is 7.82. The van der Waals surface area contributed by atoms with Crippen LogP contribution in [-0.2, 0) is 23.9 Å². The number of fused-ring (bicyclic) bond motifs is 1. The number of carbonyl (C=O) groups is 4. The van der Waals surface area contributed by atoms with E-state index >= 15 is 0 Å². The van der Waals surface area contributed by atoms with Crippen molar-refractivity contribution in [2.75, 3.05) is 31.5 Å². The standard InChI is InChI=1S/C29H37N5O6/c1-18-14-19-15-20(9-10-23(19)39-18)30-28(32-26(37)21-16-25(36)40-29(21,2)3)31-22-8-4-5-13-34(27(22)38)17-24(35)33-11-6-7-12-33/h9-10,14-15,21-22H,4-8,11-13,16-17H2,1-3H3,(H2,30,31,32,37). The molecule has 3 amide bonds. The highest BCUT2D eigenvalue weighted by molar-refractivity contribution is 6.07. The van der Waals surface area contributed by atoms with Gasteiger partial charge in [-0.3, -0.25) is 24.5 Å². The molecule has 2 unspecified atom stereocenters. The number of amides is 3.